The van der Waals surface area contributed by atoms with E-state index < -0.39 is 0 Å². The van der Waals surface area contributed by atoms with E-state index in [1.165, 1.54) is 17.7 Å². The molecule has 0 radical (unpaired) electrons. The minimum absolute atomic E-state index is 0.103. The summed E-state index contributed by atoms with van der Waals surface area (Å²) in [4.78, 5) is 31.8. The van der Waals surface area contributed by atoms with Crippen molar-refractivity contribution in [2.24, 2.45) is 0 Å². The molecule has 6 heteroatoms. The largest absolute Gasteiger partial charge is 0.395 e. The molecule has 0 bridgehead atoms. The number of anilines is 2. The molecule has 0 saturated carbocycles. The number of carbonyl (C=O) groups is 2. The molecule has 4 rings (SSSR count). The molecule has 1 saturated heterocycles. The second-order valence-corrected chi connectivity index (χ2v) is 7.39. The number of rotatable bonds is 6. The first kappa shape index (κ1) is 19.2. The molecule has 0 aliphatic carbocycles. The lowest BCUT2D eigenvalue weighted by Crippen LogP contribution is -2.34. The number of hydrogen-bond donors (Lipinski definition) is 1. The molecule has 29 heavy (non-hydrogen) atoms. The number of imide groups is 1. The Morgan fingerprint density at radius 2 is 1.52 bits per heavy atom. The fourth-order valence-electron chi connectivity index (χ4n) is 4.02. The van der Waals surface area contributed by atoms with Gasteiger partial charge in [-0.2, -0.15) is 0 Å². The molecular formula is C23H25N3O3. The Labute approximate surface area is 170 Å². The van der Waals surface area contributed by atoms with Crippen molar-refractivity contribution in [1.82, 2.24) is 4.90 Å². The summed E-state index contributed by atoms with van der Waals surface area (Å²) in [5, 5.41) is 9.34. The Morgan fingerprint density at radius 1 is 0.897 bits per heavy atom. The average Bonchev–Trinajstić information content (AvgIpc) is 3.36. The Bertz CT molecular complexity index is 932. The molecule has 1 fully saturated rings. The third kappa shape index (κ3) is 3.51. The minimum Gasteiger partial charge on any atom is -0.395 e. The number of amides is 2. The summed E-state index contributed by atoms with van der Waals surface area (Å²) in [6.45, 7) is 2.24. The van der Waals surface area contributed by atoms with Crippen LogP contribution in [0.5, 0.6) is 0 Å². The van der Waals surface area contributed by atoms with Crippen LogP contribution in [-0.2, 0) is 9.59 Å². The molecule has 0 spiro atoms. The van der Waals surface area contributed by atoms with E-state index in [9.17, 15) is 14.7 Å². The molecule has 1 N–H and O–H groups in total. The van der Waals surface area contributed by atoms with Crippen LogP contribution in [0.25, 0.3) is 5.57 Å². The first-order valence-electron chi connectivity index (χ1n) is 9.97. The maximum absolute atomic E-state index is 13.3. The molecule has 2 aromatic carbocycles. The summed E-state index contributed by atoms with van der Waals surface area (Å²) in [7, 11) is 1.72. The van der Waals surface area contributed by atoms with Crippen molar-refractivity contribution in [2.75, 3.05) is 43.1 Å². The van der Waals surface area contributed by atoms with Crippen molar-refractivity contribution in [3.8, 4) is 0 Å². The summed E-state index contributed by atoms with van der Waals surface area (Å²) in [5.74, 6) is -0.700. The normalized spacial score (nSPS) is 16.9. The fourth-order valence-corrected chi connectivity index (χ4v) is 4.02. The zero-order valence-electron chi connectivity index (χ0n) is 16.5. The predicted molar refractivity (Wildman–Crippen MR) is 113 cm³/mol. The predicted octanol–water partition coefficient (Wildman–Crippen LogP) is 2.50. The molecule has 2 aliphatic rings. The molecule has 0 atom stereocenters. The zero-order valence-corrected chi connectivity index (χ0v) is 16.5. The van der Waals surface area contributed by atoms with Crippen LogP contribution in [0.2, 0.25) is 0 Å². The van der Waals surface area contributed by atoms with E-state index in [0.717, 1.165) is 18.8 Å². The van der Waals surface area contributed by atoms with Gasteiger partial charge >= 0.3 is 0 Å². The molecule has 6 nitrogen and oxygen atoms in total. The third-order valence-corrected chi connectivity index (χ3v) is 5.52. The number of hydrogen-bond acceptors (Lipinski definition) is 5. The highest BCUT2D eigenvalue weighted by Gasteiger charge is 2.41. The van der Waals surface area contributed by atoms with Crippen molar-refractivity contribution in [3.05, 3.63) is 65.9 Å². The van der Waals surface area contributed by atoms with Crippen LogP contribution in [0.15, 0.2) is 60.3 Å². The number of carbonyl (C=O) groups excluding carboxylic acids is 2. The molecule has 2 aromatic rings. The highest BCUT2D eigenvalue weighted by molar-refractivity contribution is 6.45. The van der Waals surface area contributed by atoms with Gasteiger partial charge in [-0.1, -0.05) is 30.3 Å². The summed E-state index contributed by atoms with van der Waals surface area (Å²) in [6, 6.07) is 16.8. The van der Waals surface area contributed by atoms with Crippen LogP contribution < -0.4 is 9.80 Å². The molecule has 0 aromatic heterocycles. The quantitative estimate of drug-likeness (QED) is 0.767. The Kier molecular flexibility index (Phi) is 5.36. The van der Waals surface area contributed by atoms with E-state index in [0.29, 0.717) is 22.5 Å². The van der Waals surface area contributed by atoms with Gasteiger partial charge in [0, 0.05) is 32.4 Å². The Balaban J connectivity index is 1.70. The van der Waals surface area contributed by atoms with Crippen molar-refractivity contribution in [2.45, 2.75) is 12.8 Å². The standard InChI is InChI=1S/C23H25N3O3/c1-24(15-16-27)21-20(17-7-3-2-4-8-17)22(28)26(23(21)29)19-11-9-18(10-12-19)25-13-5-6-14-25/h2-4,7-12,27H,5-6,13-16H2,1H3. The van der Waals surface area contributed by atoms with Gasteiger partial charge < -0.3 is 14.9 Å². The summed E-state index contributed by atoms with van der Waals surface area (Å²) >= 11 is 0. The lowest BCUT2D eigenvalue weighted by atomic mass is 10.0. The van der Waals surface area contributed by atoms with Crippen molar-refractivity contribution in [1.29, 1.82) is 0 Å². The van der Waals surface area contributed by atoms with Gasteiger partial charge in [0.15, 0.2) is 0 Å². The molecule has 2 amide bonds. The number of aliphatic hydroxyl groups is 1. The lowest BCUT2D eigenvalue weighted by Gasteiger charge is -2.21. The van der Waals surface area contributed by atoms with E-state index in [-0.39, 0.29) is 25.0 Å². The molecule has 150 valence electrons. The van der Waals surface area contributed by atoms with Gasteiger partial charge in [-0.25, -0.2) is 4.90 Å². The molecule has 2 heterocycles. The maximum atomic E-state index is 13.3. The number of likely N-dealkylation sites (N-methyl/N-ethyl adjacent to an activating group) is 1. The fraction of sp³-hybridized carbons (Fsp3) is 0.304. The Morgan fingerprint density at radius 3 is 2.14 bits per heavy atom. The maximum Gasteiger partial charge on any atom is 0.282 e. The summed E-state index contributed by atoms with van der Waals surface area (Å²) in [5.41, 5.74) is 3.05. The third-order valence-electron chi connectivity index (χ3n) is 5.52. The van der Waals surface area contributed by atoms with Crippen molar-refractivity contribution in [3.63, 3.8) is 0 Å². The number of nitrogens with zero attached hydrogens (tertiary/aromatic N) is 3. The smallest absolute Gasteiger partial charge is 0.282 e. The van der Waals surface area contributed by atoms with Crippen molar-refractivity contribution < 1.29 is 14.7 Å². The van der Waals surface area contributed by atoms with E-state index >= 15 is 0 Å². The zero-order chi connectivity index (χ0) is 20.4. The first-order valence-corrected chi connectivity index (χ1v) is 9.97. The molecule has 0 unspecified atom stereocenters. The van der Waals surface area contributed by atoms with Crippen molar-refractivity contribution >= 4 is 28.8 Å². The monoisotopic (exact) mass is 391 g/mol. The number of benzene rings is 2. The van der Waals surface area contributed by atoms with E-state index in [1.807, 2.05) is 54.6 Å². The van der Waals surface area contributed by atoms with E-state index in [1.54, 1.807) is 11.9 Å². The molecular weight excluding hydrogens is 366 g/mol. The topological polar surface area (TPSA) is 64.1 Å². The number of aliphatic hydroxyl groups excluding tert-OH is 1. The van der Waals surface area contributed by atoms with Gasteiger partial charge in [0.1, 0.15) is 5.70 Å². The second kappa shape index (κ2) is 8.09. The van der Waals surface area contributed by atoms with Gasteiger partial charge in [-0.3, -0.25) is 9.59 Å². The van der Waals surface area contributed by atoms with Gasteiger partial charge in [-0.05, 0) is 42.7 Å². The van der Waals surface area contributed by atoms with Gasteiger partial charge in [0.05, 0.1) is 17.9 Å². The lowest BCUT2D eigenvalue weighted by molar-refractivity contribution is -0.120. The average molecular weight is 391 g/mol. The van der Waals surface area contributed by atoms with Crippen LogP contribution in [0.3, 0.4) is 0 Å². The summed E-state index contributed by atoms with van der Waals surface area (Å²) < 4.78 is 0. The van der Waals surface area contributed by atoms with Crippen LogP contribution in [0.1, 0.15) is 18.4 Å². The first-order chi connectivity index (χ1) is 14.1. The van der Waals surface area contributed by atoms with Crippen LogP contribution in [0, 0.1) is 0 Å². The van der Waals surface area contributed by atoms with Crippen LogP contribution in [0.4, 0.5) is 11.4 Å². The van der Waals surface area contributed by atoms with Gasteiger partial charge in [0.2, 0.25) is 0 Å². The molecule has 2 aliphatic heterocycles. The van der Waals surface area contributed by atoms with Crippen LogP contribution in [-0.4, -0.2) is 55.1 Å². The van der Waals surface area contributed by atoms with Crippen LogP contribution >= 0.6 is 0 Å². The Hall–Kier alpha value is -3.12. The minimum atomic E-state index is -0.362. The SMILES string of the molecule is CN(CCO)C1=C(c2ccccc2)C(=O)N(c2ccc(N3CCCC3)cc2)C1=O. The van der Waals surface area contributed by atoms with E-state index in [4.69, 9.17) is 0 Å². The van der Waals surface area contributed by atoms with E-state index in [2.05, 4.69) is 4.90 Å². The van der Waals surface area contributed by atoms with Gasteiger partial charge in [-0.15, -0.1) is 0 Å². The summed E-state index contributed by atoms with van der Waals surface area (Å²) in [6.07, 6.45) is 2.38. The second-order valence-electron chi connectivity index (χ2n) is 7.39. The van der Waals surface area contributed by atoms with Gasteiger partial charge in [0.25, 0.3) is 11.8 Å². The highest BCUT2D eigenvalue weighted by Crippen LogP contribution is 2.35. The highest BCUT2D eigenvalue weighted by atomic mass is 16.3.